The molecule has 2 aromatic rings. The molecule has 0 fully saturated rings. The van der Waals surface area contributed by atoms with Gasteiger partial charge in [0.2, 0.25) is 0 Å². The summed E-state index contributed by atoms with van der Waals surface area (Å²) in [7, 11) is 0. The highest BCUT2D eigenvalue weighted by atomic mass is 16.5. The Bertz CT molecular complexity index is 537. The summed E-state index contributed by atoms with van der Waals surface area (Å²) in [5.74, 6) is 1.68. The number of aromatic nitrogens is 4. The molecule has 0 radical (unpaired) electrons. The molecule has 21 heavy (non-hydrogen) atoms. The van der Waals surface area contributed by atoms with Gasteiger partial charge in [0.1, 0.15) is 5.75 Å². The third-order valence-electron chi connectivity index (χ3n) is 3.14. The van der Waals surface area contributed by atoms with Gasteiger partial charge in [-0.2, -0.15) is 4.68 Å². The minimum Gasteiger partial charge on any atom is -0.494 e. The van der Waals surface area contributed by atoms with Crippen LogP contribution in [0.15, 0.2) is 24.3 Å². The summed E-state index contributed by atoms with van der Waals surface area (Å²) in [6.45, 7) is 7.96. The molecule has 1 heterocycles. The highest BCUT2D eigenvalue weighted by molar-refractivity contribution is 5.37. The smallest absolute Gasteiger partial charge is 0.173 e. The number of ether oxygens (including phenoxy) is 1. The molecule has 0 aliphatic rings. The second-order valence-corrected chi connectivity index (χ2v) is 4.97. The van der Waals surface area contributed by atoms with Gasteiger partial charge in [-0.1, -0.05) is 13.8 Å². The van der Waals surface area contributed by atoms with Crippen molar-refractivity contribution in [3.63, 3.8) is 0 Å². The molecule has 0 saturated heterocycles. The Morgan fingerprint density at radius 1 is 1.19 bits per heavy atom. The van der Waals surface area contributed by atoms with E-state index < -0.39 is 0 Å². The van der Waals surface area contributed by atoms with Crippen LogP contribution in [0.5, 0.6) is 5.75 Å². The van der Waals surface area contributed by atoms with Crippen LogP contribution in [0.1, 0.15) is 45.5 Å². The summed E-state index contributed by atoms with van der Waals surface area (Å²) in [4.78, 5) is 0. The van der Waals surface area contributed by atoms with Crippen LogP contribution in [0.4, 0.5) is 0 Å². The van der Waals surface area contributed by atoms with E-state index in [-0.39, 0.29) is 6.04 Å². The van der Waals surface area contributed by atoms with E-state index in [1.807, 2.05) is 24.3 Å². The first-order chi connectivity index (χ1) is 10.3. The van der Waals surface area contributed by atoms with Crippen molar-refractivity contribution in [1.29, 1.82) is 0 Å². The number of benzene rings is 1. The molecule has 1 atom stereocenters. The SMILES string of the molecule is CCCNC(C)c1nnnn1-c1ccc(OCCC)cc1. The van der Waals surface area contributed by atoms with E-state index in [1.165, 1.54) is 0 Å². The largest absolute Gasteiger partial charge is 0.494 e. The molecule has 0 aliphatic heterocycles. The van der Waals surface area contributed by atoms with E-state index in [2.05, 4.69) is 41.6 Å². The predicted molar refractivity (Wildman–Crippen MR) is 81.6 cm³/mol. The van der Waals surface area contributed by atoms with Crippen molar-refractivity contribution in [3.05, 3.63) is 30.1 Å². The van der Waals surface area contributed by atoms with Crippen molar-refractivity contribution < 1.29 is 4.74 Å². The monoisotopic (exact) mass is 289 g/mol. The maximum Gasteiger partial charge on any atom is 0.173 e. The van der Waals surface area contributed by atoms with Crippen molar-refractivity contribution in [3.8, 4) is 11.4 Å². The zero-order valence-corrected chi connectivity index (χ0v) is 12.9. The lowest BCUT2D eigenvalue weighted by atomic mass is 10.2. The van der Waals surface area contributed by atoms with Crippen molar-refractivity contribution in [2.75, 3.05) is 13.2 Å². The van der Waals surface area contributed by atoms with Gasteiger partial charge in [0.15, 0.2) is 5.82 Å². The lowest BCUT2D eigenvalue weighted by Crippen LogP contribution is -2.22. The summed E-state index contributed by atoms with van der Waals surface area (Å²) >= 11 is 0. The minimum atomic E-state index is 0.107. The Labute approximate surface area is 125 Å². The number of nitrogens with one attached hydrogen (secondary N) is 1. The van der Waals surface area contributed by atoms with E-state index in [4.69, 9.17) is 4.74 Å². The molecule has 1 aromatic heterocycles. The van der Waals surface area contributed by atoms with Gasteiger partial charge >= 0.3 is 0 Å². The van der Waals surface area contributed by atoms with Gasteiger partial charge in [0, 0.05) is 0 Å². The van der Waals surface area contributed by atoms with Crippen LogP contribution < -0.4 is 10.1 Å². The standard InChI is InChI=1S/C15H23N5O/c1-4-10-16-12(3)15-17-18-19-20(15)13-6-8-14(9-7-13)21-11-5-2/h6-9,12,16H,4-5,10-11H2,1-3H3. The molecule has 1 unspecified atom stereocenters. The summed E-state index contributed by atoms with van der Waals surface area (Å²) in [5.41, 5.74) is 0.934. The van der Waals surface area contributed by atoms with Crippen molar-refractivity contribution >= 4 is 0 Å². The van der Waals surface area contributed by atoms with E-state index >= 15 is 0 Å². The molecule has 114 valence electrons. The number of hydrogen-bond donors (Lipinski definition) is 1. The van der Waals surface area contributed by atoms with Crippen molar-refractivity contribution in [1.82, 2.24) is 25.5 Å². The molecule has 6 heteroatoms. The highest BCUT2D eigenvalue weighted by Crippen LogP contribution is 2.18. The summed E-state index contributed by atoms with van der Waals surface area (Å²) < 4.78 is 7.35. The normalized spacial score (nSPS) is 12.3. The fourth-order valence-corrected chi connectivity index (χ4v) is 2.00. The van der Waals surface area contributed by atoms with Gasteiger partial charge in [-0.05, 0) is 61.0 Å². The number of hydrogen-bond acceptors (Lipinski definition) is 5. The Hall–Kier alpha value is -1.95. The summed E-state index contributed by atoms with van der Waals surface area (Å²) in [5, 5.41) is 15.4. The topological polar surface area (TPSA) is 64.9 Å². The van der Waals surface area contributed by atoms with Crippen LogP contribution in [0.3, 0.4) is 0 Å². The Morgan fingerprint density at radius 2 is 1.95 bits per heavy atom. The average molecular weight is 289 g/mol. The van der Waals surface area contributed by atoms with Gasteiger partial charge in [0.25, 0.3) is 0 Å². The third-order valence-corrected chi connectivity index (χ3v) is 3.14. The molecule has 0 amide bonds. The quantitative estimate of drug-likeness (QED) is 0.809. The van der Waals surface area contributed by atoms with Gasteiger partial charge in [-0.15, -0.1) is 5.10 Å². The number of rotatable bonds is 8. The van der Waals surface area contributed by atoms with Gasteiger partial charge in [-0.25, -0.2) is 0 Å². The molecule has 1 aromatic carbocycles. The fraction of sp³-hybridized carbons (Fsp3) is 0.533. The second kappa shape index (κ2) is 7.73. The fourth-order valence-electron chi connectivity index (χ4n) is 2.00. The molecule has 2 rings (SSSR count). The summed E-state index contributed by atoms with van der Waals surface area (Å²) in [6, 6.07) is 7.94. The molecular formula is C15H23N5O. The molecular weight excluding hydrogens is 266 g/mol. The molecule has 0 bridgehead atoms. The molecule has 0 aliphatic carbocycles. The van der Waals surface area contributed by atoms with Crippen molar-refractivity contribution in [2.24, 2.45) is 0 Å². The van der Waals surface area contributed by atoms with Gasteiger partial charge in [-0.3, -0.25) is 0 Å². The van der Waals surface area contributed by atoms with Crippen LogP contribution >= 0.6 is 0 Å². The molecule has 6 nitrogen and oxygen atoms in total. The molecule has 1 N–H and O–H groups in total. The van der Waals surface area contributed by atoms with E-state index in [0.717, 1.165) is 43.3 Å². The van der Waals surface area contributed by atoms with Crippen LogP contribution in [0.2, 0.25) is 0 Å². The van der Waals surface area contributed by atoms with Crippen molar-refractivity contribution in [2.45, 2.75) is 39.7 Å². The highest BCUT2D eigenvalue weighted by Gasteiger charge is 2.14. The Kier molecular flexibility index (Phi) is 5.68. The first kappa shape index (κ1) is 15.4. The van der Waals surface area contributed by atoms with Gasteiger partial charge < -0.3 is 10.1 Å². The van der Waals surface area contributed by atoms with E-state index in [1.54, 1.807) is 4.68 Å². The third kappa shape index (κ3) is 4.01. The van der Waals surface area contributed by atoms with Crippen LogP contribution in [0, 0.1) is 0 Å². The average Bonchev–Trinajstić information content (AvgIpc) is 3.00. The predicted octanol–water partition coefficient (Wildman–Crippen LogP) is 2.51. The first-order valence-corrected chi connectivity index (χ1v) is 7.51. The van der Waals surface area contributed by atoms with Crippen LogP contribution in [-0.4, -0.2) is 33.4 Å². The number of nitrogens with zero attached hydrogens (tertiary/aromatic N) is 4. The lowest BCUT2D eigenvalue weighted by Gasteiger charge is -2.13. The number of tetrazole rings is 1. The summed E-state index contributed by atoms with van der Waals surface area (Å²) in [6.07, 6.45) is 2.08. The van der Waals surface area contributed by atoms with E-state index in [0.29, 0.717) is 0 Å². The molecule has 0 saturated carbocycles. The maximum atomic E-state index is 5.59. The lowest BCUT2D eigenvalue weighted by molar-refractivity contribution is 0.317. The Morgan fingerprint density at radius 3 is 2.62 bits per heavy atom. The zero-order chi connectivity index (χ0) is 15.1. The maximum absolute atomic E-state index is 5.59. The minimum absolute atomic E-state index is 0.107. The second-order valence-electron chi connectivity index (χ2n) is 4.97. The van der Waals surface area contributed by atoms with Gasteiger partial charge in [0.05, 0.1) is 18.3 Å². The molecule has 0 spiro atoms. The van der Waals surface area contributed by atoms with E-state index in [9.17, 15) is 0 Å². The Balaban J connectivity index is 2.13. The van der Waals surface area contributed by atoms with Crippen LogP contribution in [-0.2, 0) is 0 Å². The first-order valence-electron chi connectivity index (χ1n) is 7.51. The van der Waals surface area contributed by atoms with Crippen LogP contribution in [0.25, 0.3) is 5.69 Å². The zero-order valence-electron chi connectivity index (χ0n) is 12.9.